The zero-order valence-electron chi connectivity index (χ0n) is 12.2. The average molecular weight is 298 g/mol. The molecular formula is C16H15FN4O. The van der Waals surface area contributed by atoms with Gasteiger partial charge in [-0.05, 0) is 37.6 Å². The Morgan fingerprint density at radius 1 is 1.32 bits per heavy atom. The number of benzene rings is 1. The molecule has 3 aromatic rings. The number of carbonyl (C=O) groups excluding carboxylic acids is 1. The Kier molecular flexibility index (Phi) is 3.58. The second-order valence-electron chi connectivity index (χ2n) is 5.09. The molecule has 2 heterocycles. The van der Waals surface area contributed by atoms with Crippen LogP contribution in [0.5, 0.6) is 0 Å². The van der Waals surface area contributed by atoms with E-state index in [2.05, 4.69) is 15.4 Å². The van der Waals surface area contributed by atoms with Crippen LogP contribution in [-0.2, 0) is 0 Å². The highest BCUT2D eigenvalue weighted by molar-refractivity contribution is 6.01. The Morgan fingerprint density at radius 3 is 2.77 bits per heavy atom. The van der Waals surface area contributed by atoms with Crippen molar-refractivity contribution in [1.29, 1.82) is 0 Å². The van der Waals surface area contributed by atoms with E-state index in [-0.39, 0.29) is 17.8 Å². The first-order valence-electron chi connectivity index (χ1n) is 6.92. The first kappa shape index (κ1) is 14.2. The van der Waals surface area contributed by atoms with Crippen molar-refractivity contribution in [2.24, 2.45) is 0 Å². The number of nitrogens with one attached hydrogen (secondary N) is 1. The molecule has 0 aliphatic heterocycles. The minimum atomic E-state index is -0.301. The number of amides is 1. The number of nitrogens with zero attached hydrogens (tertiary/aromatic N) is 3. The van der Waals surface area contributed by atoms with Crippen molar-refractivity contribution in [3.8, 4) is 0 Å². The van der Waals surface area contributed by atoms with Gasteiger partial charge in [0.1, 0.15) is 11.4 Å². The highest BCUT2D eigenvalue weighted by atomic mass is 19.1. The van der Waals surface area contributed by atoms with Crippen molar-refractivity contribution in [3.63, 3.8) is 0 Å². The molecule has 2 aromatic heterocycles. The summed E-state index contributed by atoms with van der Waals surface area (Å²) in [6, 6.07) is 7.57. The Labute approximate surface area is 126 Å². The van der Waals surface area contributed by atoms with Crippen LogP contribution >= 0.6 is 0 Å². The Balaban J connectivity index is 1.87. The molecule has 0 fully saturated rings. The summed E-state index contributed by atoms with van der Waals surface area (Å²) >= 11 is 0. The summed E-state index contributed by atoms with van der Waals surface area (Å²) in [6.45, 7) is 3.62. The fourth-order valence-electron chi connectivity index (χ4n) is 2.37. The number of carbonyl (C=O) groups is 1. The first-order valence-corrected chi connectivity index (χ1v) is 6.92. The van der Waals surface area contributed by atoms with Gasteiger partial charge in [0.15, 0.2) is 5.65 Å². The maximum atomic E-state index is 13.0. The van der Waals surface area contributed by atoms with E-state index in [1.54, 1.807) is 42.0 Å². The summed E-state index contributed by atoms with van der Waals surface area (Å²) in [7, 11) is 0. The van der Waals surface area contributed by atoms with Crippen molar-refractivity contribution in [1.82, 2.24) is 19.9 Å². The highest BCUT2D eigenvalue weighted by Gasteiger charge is 2.20. The number of rotatable bonds is 3. The topological polar surface area (TPSA) is 59.3 Å². The molecule has 0 radical (unpaired) electrons. The van der Waals surface area contributed by atoms with Gasteiger partial charge in [-0.2, -0.15) is 5.10 Å². The van der Waals surface area contributed by atoms with Gasteiger partial charge in [-0.1, -0.05) is 12.1 Å². The van der Waals surface area contributed by atoms with Gasteiger partial charge in [-0.25, -0.2) is 13.9 Å². The largest absolute Gasteiger partial charge is 0.345 e. The van der Waals surface area contributed by atoms with Crippen LogP contribution in [0.15, 0.2) is 42.7 Å². The molecule has 5 nitrogen and oxygen atoms in total. The van der Waals surface area contributed by atoms with E-state index < -0.39 is 0 Å². The van der Waals surface area contributed by atoms with Gasteiger partial charge < -0.3 is 5.32 Å². The Morgan fingerprint density at radius 2 is 2.05 bits per heavy atom. The normalized spacial score (nSPS) is 12.3. The van der Waals surface area contributed by atoms with Gasteiger partial charge in [0.25, 0.3) is 5.91 Å². The van der Waals surface area contributed by atoms with Gasteiger partial charge in [-0.15, -0.1) is 0 Å². The molecule has 1 N–H and O–H groups in total. The van der Waals surface area contributed by atoms with E-state index in [1.807, 2.05) is 6.92 Å². The number of hydrogen-bond acceptors (Lipinski definition) is 3. The summed E-state index contributed by atoms with van der Waals surface area (Å²) in [5.74, 6) is -0.548. The highest BCUT2D eigenvalue weighted by Crippen LogP contribution is 2.17. The quantitative estimate of drug-likeness (QED) is 0.808. The molecule has 0 aliphatic carbocycles. The molecule has 0 bridgehead atoms. The van der Waals surface area contributed by atoms with Crippen molar-refractivity contribution in [3.05, 3.63) is 65.4 Å². The van der Waals surface area contributed by atoms with Gasteiger partial charge in [0, 0.05) is 12.4 Å². The summed E-state index contributed by atoms with van der Waals surface area (Å²) in [4.78, 5) is 16.7. The monoisotopic (exact) mass is 298 g/mol. The van der Waals surface area contributed by atoms with Crippen LogP contribution in [0.3, 0.4) is 0 Å². The van der Waals surface area contributed by atoms with Gasteiger partial charge in [0.05, 0.1) is 11.7 Å². The van der Waals surface area contributed by atoms with Crippen molar-refractivity contribution >= 4 is 11.6 Å². The molecule has 0 unspecified atom stereocenters. The molecule has 1 atom stereocenters. The molecular weight excluding hydrogens is 283 g/mol. The number of aryl methyl sites for hydroxylation is 1. The molecule has 112 valence electrons. The molecule has 0 aliphatic rings. The predicted octanol–water partition coefficient (Wildman–Crippen LogP) is 2.67. The predicted molar refractivity (Wildman–Crippen MR) is 80.0 cm³/mol. The Hall–Kier alpha value is -2.76. The molecule has 0 saturated carbocycles. The molecule has 6 heteroatoms. The molecule has 1 amide bonds. The van der Waals surface area contributed by atoms with Crippen molar-refractivity contribution in [2.75, 3.05) is 0 Å². The van der Waals surface area contributed by atoms with E-state index in [0.29, 0.717) is 16.9 Å². The van der Waals surface area contributed by atoms with E-state index in [1.165, 1.54) is 12.1 Å². The minimum absolute atomic E-state index is 0.244. The Bertz CT molecular complexity index is 826. The number of hydrogen-bond donors (Lipinski definition) is 1. The summed E-state index contributed by atoms with van der Waals surface area (Å²) in [6.07, 6.45) is 3.37. The lowest BCUT2D eigenvalue weighted by atomic mass is 10.1. The molecule has 0 spiro atoms. The SMILES string of the molecule is Cc1nn2cccnc2c1C(=O)N[C@H](C)c1ccc(F)cc1. The van der Waals surface area contributed by atoms with Crippen LogP contribution in [0.1, 0.15) is 34.6 Å². The van der Waals surface area contributed by atoms with Gasteiger partial charge in [0.2, 0.25) is 0 Å². The number of halogens is 1. The van der Waals surface area contributed by atoms with Crippen molar-refractivity contribution < 1.29 is 9.18 Å². The maximum absolute atomic E-state index is 13.0. The molecule has 22 heavy (non-hydrogen) atoms. The van der Waals surface area contributed by atoms with Gasteiger partial charge >= 0.3 is 0 Å². The summed E-state index contributed by atoms with van der Waals surface area (Å²) in [5.41, 5.74) is 2.41. The lowest BCUT2D eigenvalue weighted by Gasteiger charge is -2.14. The smallest absolute Gasteiger partial charge is 0.257 e. The molecule has 0 saturated heterocycles. The minimum Gasteiger partial charge on any atom is -0.345 e. The summed E-state index contributed by atoms with van der Waals surface area (Å²) in [5, 5.41) is 7.17. The average Bonchev–Trinajstić information content (AvgIpc) is 2.83. The van der Waals surface area contributed by atoms with Crippen LogP contribution in [0.25, 0.3) is 5.65 Å². The molecule has 3 rings (SSSR count). The number of aromatic nitrogens is 3. The second-order valence-corrected chi connectivity index (χ2v) is 5.09. The fourth-order valence-corrected chi connectivity index (χ4v) is 2.37. The first-order chi connectivity index (χ1) is 10.6. The zero-order valence-corrected chi connectivity index (χ0v) is 12.2. The van der Waals surface area contributed by atoms with Gasteiger partial charge in [-0.3, -0.25) is 4.79 Å². The van der Waals surface area contributed by atoms with E-state index in [9.17, 15) is 9.18 Å². The van der Waals surface area contributed by atoms with E-state index in [0.717, 1.165) is 5.56 Å². The van der Waals surface area contributed by atoms with Crippen LogP contribution in [0.2, 0.25) is 0 Å². The number of fused-ring (bicyclic) bond motifs is 1. The second kappa shape index (κ2) is 5.55. The third-order valence-corrected chi connectivity index (χ3v) is 3.51. The van der Waals surface area contributed by atoms with Crippen LogP contribution in [-0.4, -0.2) is 20.5 Å². The van der Waals surface area contributed by atoms with E-state index in [4.69, 9.17) is 0 Å². The van der Waals surface area contributed by atoms with Crippen LogP contribution in [0.4, 0.5) is 4.39 Å². The fraction of sp³-hybridized carbons (Fsp3) is 0.188. The lowest BCUT2D eigenvalue weighted by Crippen LogP contribution is -2.27. The van der Waals surface area contributed by atoms with Crippen LogP contribution in [0, 0.1) is 12.7 Å². The maximum Gasteiger partial charge on any atom is 0.257 e. The lowest BCUT2D eigenvalue weighted by molar-refractivity contribution is 0.0940. The van der Waals surface area contributed by atoms with Crippen molar-refractivity contribution in [2.45, 2.75) is 19.9 Å². The van der Waals surface area contributed by atoms with E-state index >= 15 is 0 Å². The third-order valence-electron chi connectivity index (χ3n) is 3.51. The summed E-state index contributed by atoms with van der Waals surface area (Å²) < 4.78 is 14.5. The standard InChI is InChI=1S/C16H15FN4O/c1-10(12-4-6-13(17)7-5-12)19-16(22)14-11(2)20-21-9-3-8-18-15(14)21/h3-10H,1-2H3,(H,19,22)/t10-/m1/s1. The van der Waals surface area contributed by atoms with Crippen LogP contribution < -0.4 is 5.32 Å². The third kappa shape index (κ3) is 2.55. The molecule has 1 aromatic carbocycles. The zero-order chi connectivity index (χ0) is 15.7.